The largest absolute Gasteiger partial charge is 0.479 e. The smallest absolute Gasteiger partial charge is 0.244 e. The van der Waals surface area contributed by atoms with Gasteiger partial charge in [-0.3, -0.25) is 4.98 Å². The third-order valence-corrected chi connectivity index (χ3v) is 4.45. The van der Waals surface area contributed by atoms with Crippen molar-refractivity contribution in [3.8, 4) is 5.88 Å². The Kier molecular flexibility index (Phi) is 4.05. The van der Waals surface area contributed by atoms with E-state index in [1.807, 2.05) is 6.20 Å². The molecule has 1 N–H and O–H groups in total. The van der Waals surface area contributed by atoms with Crippen molar-refractivity contribution in [1.82, 2.24) is 9.36 Å². The Morgan fingerprint density at radius 1 is 1.55 bits per heavy atom. The van der Waals surface area contributed by atoms with Gasteiger partial charge in [0.1, 0.15) is 5.02 Å². The second-order valence-electron chi connectivity index (χ2n) is 4.41. The molecule has 20 heavy (non-hydrogen) atoms. The van der Waals surface area contributed by atoms with Crippen molar-refractivity contribution in [3.05, 3.63) is 33.4 Å². The summed E-state index contributed by atoms with van der Waals surface area (Å²) in [6, 6.07) is 2.08. The number of ether oxygens (including phenoxy) is 2. The van der Waals surface area contributed by atoms with Crippen molar-refractivity contribution in [3.63, 3.8) is 0 Å². The molecule has 3 heterocycles. The van der Waals surface area contributed by atoms with Gasteiger partial charge >= 0.3 is 0 Å². The molecule has 0 atom stereocenters. The van der Waals surface area contributed by atoms with Gasteiger partial charge in [0.05, 0.1) is 43.6 Å². The molecule has 0 saturated heterocycles. The third-order valence-electron chi connectivity index (χ3n) is 3.12. The van der Waals surface area contributed by atoms with Crippen LogP contribution in [0.3, 0.4) is 0 Å². The first-order chi connectivity index (χ1) is 9.78. The summed E-state index contributed by atoms with van der Waals surface area (Å²) < 4.78 is 14.6. The van der Waals surface area contributed by atoms with Gasteiger partial charge in [0.25, 0.3) is 0 Å². The Bertz CT molecular complexity index is 618. The Morgan fingerprint density at radius 2 is 2.45 bits per heavy atom. The zero-order valence-electron chi connectivity index (χ0n) is 11.0. The second kappa shape index (κ2) is 5.95. The minimum atomic E-state index is 0.477. The topological polar surface area (TPSA) is 56.3 Å². The van der Waals surface area contributed by atoms with Gasteiger partial charge in [0.15, 0.2) is 0 Å². The lowest BCUT2D eigenvalue weighted by atomic mass is 10.1. The quantitative estimate of drug-likeness (QED) is 0.941. The van der Waals surface area contributed by atoms with Crippen molar-refractivity contribution in [2.24, 2.45) is 0 Å². The number of halogens is 1. The molecule has 1 aliphatic rings. The highest BCUT2D eigenvalue weighted by Gasteiger charge is 2.13. The van der Waals surface area contributed by atoms with E-state index in [9.17, 15) is 0 Å². The molecule has 0 amide bonds. The predicted octanol–water partition coefficient (Wildman–Crippen LogP) is 2.88. The molecule has 0 aromatic carbocycles. The third kappa shape index (κ3) is 2.72. The van der Waals surface area contributed by atoms with Gasteiger partial charge < -0.3 is 14.8 Å². The minimum Gasteiger partial charge on any atom is -0.479 e. The molecule has 1 aliphatic heterocycles. The van der Waals surface area contributed by atoms with Crippen LogP contribution in [-0.2, 0) is 24.3 Å². The number of methoxy groups -OCH3 is 1. The SMILES string of the molecule is COc1nsc(CNc2cnc3c(c2)COCC3)c1Cl. The maximum atomic E-state index is 6.15. The van der Waals surface area contributed by atoms with Crippen LogP contribution in [-0.4, -0.2) is 23.1 Å². The van der Waals surface area contributed by atoms with Gasteiger partial charge in [-0.15, -0.1) is 0 Å². The number of nitrogens with zero attached hydrogens (tertiary/aromatic N) is 2. The molecule has 0 aliphatic carbocycles. The Morgan fingerprint density at radius 3 is 3.25 bits per heavy atom. The number of rotatable bonds is 4. The monoisotopic (exact) mass is 311 g/mol. The highest BCUT2D eigenvalue weighted by molar-refractivity contribution is 7.06. The first-order valence-corrected chi connectivity index (χ1v) is 7.40. The molecule has 0 spiro atoms. The van der Waals surface area contributed by atoms with Crippen LogP contribution in [0.1, 0.15) is 16.1 Å². The lowest BCUT2D eigenvalue weighted by Crippen LogP contribution is -2.12. The fourth-order valence-corrected chi connectivity index (χ4v) is 3.05. The summed E-state index contributed by atoms with van der Waals surface area (Å²) in [6.45, 7) is 1.98. The van der Waals surface area contributed by atoms with Crippen LogP contribution >= 0.6 is 23.1 Å². The average Bonchev–Trinajstić information content (AvgIpc) is 2.85. The molecule has 0 unspecified atom stereocenters. The minimum absolute atomic E-state index is 0.477. The Hall–Kier alpha value is -1.37. The maximum absolute atomic E-state index is 6.15. The van der Waals surface area contributed by atoms with Crippen LogP contribution in [0.15, 0.2) is 12.3 Å². The highest BCUT2D eigenvalue weighted by Crippen LogP contribution is 2.31. The Labute approximate surface area is 126 Å². The first-order valence-electron chi connectivity index (χ1n) is 6.25. The molecule has 0 radical (unpaired) electrons. The van der Waals surface area contributed by atoms with Crippen LogP contribution in [0.2, 0.25) is 5.02 Å². The van der Waals surface area contributed by atoms with Gasteiger partial charge in [-0.1, -0.05) is 11.6 Å². The van der Waals surface area contributed by atoms with Crippen LogP contribution < -0.4 is 10.1 Å². The summed E-state index contributed by atoms with van der Waals surface area (Å²) >= 11 is 7.49. The van der Waals surface area contributed by atoms with Crippen LogP contribution in [0, 0.1) is 0 Å². The lowest BCUT2D eigenvalue weighted by Gasteiger charge is -2.16. The summed E-state index contributed by atoms with van der Waals surface area (Å²) in [5, 5.41) is 3.87. The summed E-state index contributed by atoms with van der Waals surface area (Å²) in [6.07, 6.45) is 2.73. The molecule has 2 aromatic heterocycles. The molecular weight excluding hydrogens is 298 g/mol. The van der Waals surface area contributed by atoms with Crippen LogP contribution in [0.25, 0.3) is 0 Å². The molecule has 5 nitrogen and oxygen atoms in total. The molecule has 7 heteroatoms. The number of hydrogen-bond acceptors (Lipinski definition) is 6. The van der Waals surface area contributed by atoms with E-state index < -0.39 is 0 Å². The molecule has 0 bridgehead atoms. The standard InChI is InChI=1S/C13H14ClN3O2S/c1-18-13-12(14)11(20-17-13)6-15-9-4-8-7-19-3-2-10(8)16-5-9/h4-5,15H,2-3,6-7H2,1H3. The molecule has 0 saturated carbocycles. The first kappa shape index (κ1) is 13.6. The Balaban J connectivity index is 1.70. The van der Waals surface area contributed by atoms with Crippen molar-refractivity contribution < 1.29 is 9.47 Å². The second-order valence-corrected chi connectivity index (χ2v) is 5.65. The number of nitrogens with one attached hydrogen (secondary N) is 1. The fourth-order valence-electron chi connectivity index (χ4n) is 2.05. The maximum Gasteiger partial charge on any atom is 0.244 e. The van der Waals surface area contributed by atoms with Crippen molar-refractivity contribution in [2.75, 3.05) is 19.0 Å². The zero-order valence-corrected chi connectivity index (χ0v) is 12.6. The summed E-state index contributed by atoms with van der Waals surface area (Å²) in [5.74, 6) is 0.477. The van der Waals surface area contributed by atoms with Crippen LogP contribution in [0.5, 0.6) is 5.88 Å². The summed E-state index contributed by atoms with van der Waals surface area (Å²) in [7, 11) is 1.56. The summed E-state index contributed by atoms with van der Waals surface area (Å²) in [4.78, 5) is 5.41. The number of hydrogen-bond donors (Lipinski definition) is 1. The van der Waals surface area contributed by atoms with E-state index >= 15 is 0 Å². The molecule has 0 fully saturated rings. The van der Waals surface area contributed by atoms with E-state index in [4.69, 9.17) is 21.1 Å². The van der Waals surface area contributed by atoms with Crippen molar-refractivity contribution in [2.45, 2.75) is 19.6 Å². The summed E-state index contributed by atoms with van der Waals surface area (Å²) in [5.41, 5.74) is 3.23. The molecule has 3 rings (SSSR count). The van der Waals surface area contributed by atoms with Gasteiger partial charge in [-0.2, -0.15) is 4.37 Å². The van der Waals surface area contributed by atoms with E-state index in [1.54, 1.807) is 7.11 Å². The average molecular weight is 312 g/mol. The zero-order chi connectivity index (χ0) is 13.9. The van der Waals surface area contributed by atoms with Gasteiger partial charge in [-0.25, -0.2) is 0 Å². The number of anilines is 1. The normalized spacial score (nSPS) is 13.9. The lowest BCUT2D eigenvalue weighted by molar-refractivity contribution is 0.109. The van der Waals surface area contributed by atoms with Crippen molar-refractivity contribution >= 4 is 28.8 Å². The van der Waals surface area contributed by atoms with Gasteiger partial charge in [0, 0.05) is 17.7 Å². The van der Waals surface area contributed by atoms with Crippen LogP contribution in [0.4, 0.5) is 5.69 Å². The number of fused-ring (bicyclic) bond motifs is 1. The van der Waals surface area contributed by atoms with Gasteiger partial charge in [-0.05, 0) is 17.6 Å². The van der Waals surface area contributed by atoms with E-state index in [2.05, 4.69) is 20.7 Å². The predicted molar refractivity (Wildman–Crippen MR) is 78.6 cm³/mol. The number of aromatic nitrogens is 2. The number of pyridine rings is 1. The van der Waals surface area contributed by atoms with E-state index in [0.717, 1.165) is 34.8 Å². The molecule has 106 valence electrons. The van der Waals surface area contributed by atoms with E-state index in [0.29, 0.717) is 24.1 Å². The van der Waals surface area contributed by atoms with E-state index in [-0.39, 0.29) is 0 Å². The van der Waals surface area contributed by atoms with Gasteiger partial charge in [0.2, 0.25) is 5.88 Å². The molecular formula is C13H14ClN3O2S. The molecule has 2 aromatic rings. The fraction of sp³-hybridized carbons (Fsp3) is 0.385. The van der Waals surface area contributed by atoms with E-state index in [1.165, 1.54) is 11.5 Å². The highest BCUT2D eigenvalue weighted by atomic mass is 35.5. The van der Waals surface area contributed by atoms with Crippen molar-refractivity contribution in [1.29, 1.82) is 0 Å².